The molecule has 1 amide bonds. The molecule has 3 N–H and O–H groups in total. The second-order valence-corrected chi connectivity index (χ2v) is 22.5. The van der Waals surface area contributed by atoms with Crippen LogP contribution in [-0.4, -0.2) is 47.4 Å². The lowest BCUT2D eigenvalue weighted by Gasteiger charge is -2.22. The third kappa shape index (κ3) is 57.6. The van der Waals surface area contributed by atoms with Gasteiger partial charge in [-0.2, -0.15) is 0 Å². The van der Waals surface area contributed by atoms with Crippen LogP contribution in [0.15, 0.2) is 24.3 Å². The molecule has 0 aromatic heterocycles. The molecule has 0 saturated carbocycles. The molecule has 0 bridgehead atoms. The van der Waals surface area contributed by atoms with Crippen LogP contribution in [-0.2, 0) is 14.3 Å². The van der Waals surface area contributed by atoms with E-state index in [2.05, 4.69) is 43.5 Å². The number of aliphatic hydroxyl groups excluding tert-OH is 2. The molecule has 0 rings (SSSR count). The summed E-state index contributed by atoms with van der Waals surface area (Å²) in [4.78, 5) is 24.5. The first-order chi connectivity index (χ1) is 35.5. The fourth-order valence-corrected chi connectivity index (χ4v) is 10.3. The van der Waals surface area contributed by atoms with E-state index in [9.17, 15) is 19.8 Å². The quantitative estimate of drug-likeness (QED) is 0.0320. The fourth-order valence-electron chi connectivity index (χ4n) is 10.3. The van der Waals surface area contributed by atoms with E-state index in [1.165, 1.54) is 283 Å². The third-order valence-corrected chi connectivity index (χ3v) is 15.3. The van der Waals surface area contributed by atoms with Crippen molar-refractivity contribution in [2.24, 2.45) is 0 Å². The van der Waals surface area contributed by atoms with Gasteiger partial charge in [-0.3, -0.25) is 9.59 Å². The Hall–Kier alpha value is -1.66. The number of allylic oxidation sites excluding steroid dienone is 4. The number of carbonyl (C=O) groups excluding carboxylic acids is 2. The highest BCUT2D eigenvalue weighted by atomic mass is 16.5. The summed E-state index contributed by atoms with van der Waals surface area (Å²) < 4.78 is 5.47. The molecule has 2 atom stereocenters. The number of amides is 1. The molecular weight excluding hydrogens is 887 g/mol. The SMILES string of the molecule is CCCCCCCCCCCCCCC(=O)OCCCCCCCCCCC/C=C\C/C=C\CCCCCCCCCCCCCCCCCCCC(=O)NC(CO)C(O)CCCCCCCCCCCC. The van der Waals surface area contributed by atoms with Gasteiger partial charge in [0.1, 0.15) is 0 Å². The highest BCUT2D eigenvalue weighted by Gasteiger charge is 2.20. The molecule has 0 saturated heterocycles. The van der Waals surface area contributed by atoms with E-state index in [-0.39, 0.29) is 18.5 Å². The maximum absolute atomic E-state index is 12.4. The highest BCUT2D eigenvalue weighted by molar-refractivity contribution is 5.76. The van der Waals surface area contributed by atoms with Crippen LogP contribution in [0.2, 0.25) is 0 Å². The van der Waals surface area contributed by atoms with Crippen molar-refractivity contribution in [2.45, 2.75) is 373 Å². The van der Waals surface area contributed by atoms with Gasteiger partial charge in [0.2, 0.25) is 5.91 Å². The first-order valence-electron chi connectivity index (χ1n) is 32.6. The van der Waals surface area contributed by atoms with Crippen molar-refractivity contribution in [3.63, 3.8) is 0 Å². The van der Waals surface area contributed by atoms with Crippen LogP contribution in [0.3, 0.4) is 0 Å². The zero-order chi connectivity index (χ0) is 52.2. The number of aliphatic hydroxyl groups is 2. The number of unbranched alkanes of at least 4 members (excludes halogenated alkanes) is 46. The number of carbonyl (C=O) groups is 2. The molecule has 426 valence electrons. The smallest absolute Gasteiger partial charge is 0.305 e. The predicted octanol–water partition coefficient (Wildman–Crippen LogP) is 20.6. The van der Waals surface area contributed by atoms with Crippen molar-refractivity contribution in [1.29, 1.82) is 0 Å². The van der Waals surface area contributed by atoms with Gasteiger partial charge in [-0.05, 0) is 57.8 Å². The molecule has 0 radical (unpaired) electrons. The van der Waals surface area contributed by atoms with Crippen LogP contribution in [0.5, 0.6) is 0 Å². The minimum Gasteiger partial charge on any atom is -0.466 e. The van der Waals surface area contributed by atoms with Crippen molar-refractivity contribution >= 4 is 11.9 Å². The molecule has 6 heteroatoms. The van der Waals surface area contributed by atoms with Gasteiger partial charge in [0.15, 0.2) is 0 Å². The Morgan fingerprint density at radius 1 is 0.389 bits per heavy atom. The molecule has 0 spiro atoms. The third-order valence-electron chi connectivity index (χ3n) is 15.3. The molecule has 2 unspecified atom stereocenters. The zero-order valence-electron chi connectivity index (χ0n) is 48.7. The van der Waals surface area contributed by atoms with Gasteiger partial charge < -0.3 is 20.3 Å². The zero-order valence-corrected chi connectivity index (χ0v) is 48.7. The van der Waals surface area contributed by atoms with E-state index >= 15 is 0 Å². The Balaban J connectivity index is 3.35. The summed E-state index contributed by atoms with van der Waals surface area (Å²) in [6.45, 7) is 4.95. The monoisotopic (exact) mass is 1010 g/mol. The van der Waals surface area contributed by atoms with Crippen LogP contribution in [0.25, 0.3) is 0 Å². The molecule has 0 aliphatic rings. The van der Waals surface area contributed by atoms with Gasteiger partial charge >= 0.3 is 5.97 Å². The lowest BCUT2D eigenvalue weighted by atomic mass is 10.0. The average molecular weight is 1010 g/mol. The number of nitrogens with one attached hydrogen (secondary N) is 1. The van der Waals surface area contributed by atoms with Gasteiger partial charge in [0.25, 0.3) is 0 Å². The Kier molecular flexibility index (Phi) is 60.5. The molecule has 0 aromatic rings. The van der Waals surface area contributed by atoms with E-state index in [0.717, 1.165) is 44.9 Å². The number of esters is 1. The Bertz CT molecular complexity index is 1120. The lowest BCUT2D eigenvalue weighted by molar-refractivity contribution is -0.143. The van der Waals surface area contributed by atoms with Gasteiger partial charge in [0, 0.05) is 12.8 Å². The van der Waals surface area contributed by atoms with Gasteiger partial charge in [0.05, 0.1) is 25.4 Å². The molecular formula is C66H127NO5. The molecule has 6 nitrogen and oxygen atoms in total. The fraction of sp³-hybridized carbons (Fsp3) is 0.909. The number of hydrogen-bond donors (Lipinski definition) is 3. The summed E-state index contributed by atoms with van der Waals surface area (Å²) in [5, 5.41) is 23.2. The van der Waals surface area contributed by atoms with Crippen LogP contribution in [0.4, 0.5) is 0 Å². The van der Waals surface area contributed by atoms with Gasteiger partial charge in [-0.1, -0.05) is 314 Å². The van der Waals surface area contributed by atoms with Crippen LogP contribution in [0.1, 0.15) is 361 Å². The van der Waals surface area contributed by atoms with E-state index in [1.54, 1.807) is 0 Å². The first kappa shape index (κ1) is 70.3. The summed E-state index contributed by atoms with van der Waals surface area (Å²) in [5.74, 6) is -0.0182. The molecule has 0 fully saturated rings. The molecule has 72 heavy (non-hydrogen) atoms. The molecule has 0 aliphatic carbocycles. The molecule has 0 aliphatic heterocycles. The van der Waals surface area contributed by atoms with Crippen molar-refractivity contribution in [3.8, 4) is 0 Å². The van der Waals surface area contributed by atoms with Crippen molar-refractivity contribution in [3.05, 3.63) is 24.3 Å². The maximum Gasteiger partial charge on any atom is 0.305 e. The Labute approximate surface area is 450 Å². The van der Waals surface area contributed by atoms with Crippen molar-refractivity contribution in [1.82, 2.24) is 5.32 Å². The highest BCUT2D eigenvalue weighted by Crippen LogP contribution is 2.18. The van der Waals surface area contributed by atoms with E-state index in [4.69, 9.17) is 4.74 Å². The second kappa shape index (κ2) is 61.9. The lowest BCUT2D eigenvalue weighted by Crippen LogP contribution is -2.45. The number of rotatable bonds is 61. The predicted molar refractivity (Wildman–Crippen MR) is 315 cm³/mol. The Morgan fingerprint density at radius 2 is 0.694 bits per heavy atom. The molecule has 0 heterocycles. The second-order valence-electron chi connectivity index (χ2n) is 22.5. The minimum absolute atomic E-state index is 0.0151. The summed E-state index contributed by atoms with van der Waals surface area (Å²) in [6, 6.07) is -0.538. The first-order valence-corrected chi connectivity index (χ1v) is 32.6. The van der Waals surface area contributed by atoms with E-state index in [0.29, 0.717) is 25.9 Å². The van der Waals surface area contributed by atoms with Crippen molar-refractivity contribution in [2.75, 3.05) is 13.2 Å². The van der Waals surface area contributed by atoms with Gasteiger partial charge in [-0.15, -0.1) is 0 Å². The largest absolute Gasteiger partial charge is 0.466 e. The van der Waals surface area contributed by atoms with E-state index in [1.807, 2.05) is 0 Å². The van der Waals surface area contributed by atoms with Crippen molar-refractivity contribution < 1.29 is 24.5 Å². The maximum atomic E-state index is 12.4. The minimum atomic E-state index is -0.660. The summed E-state index contributed by atoms with van der Waals surface area (Å²) in [5.41, 5.74) is 0. The average Bonchev–Trinajstić information content (AvgIpc) is 3.38. The number of hydrogen-bond acceptors (Lipinski definition) is 5. The summed E-state index contributed by atoms with van der Waals surface area (Å²) >= 11 is 0. The number of ether oxygens (including phenoxy) is 1. The molecule has 0 aromatic carbocycles. The Morgan fingerprint density at radius 3 is 1.06 bits per heavy atom. The van der Waals surface area contributed by atoms with E-state index < -0.39 is 12.1 Å². The van der Waals surface area contributed by atoms with Gasteiger partial charge in [-0.25, -0.2) is 0 Å². The summed E-state index contributed by atoms with van der Waals surface area (Å²) in [6.07, 6.45) is 76.5. The topological polar surface area (TPSA) is 95.9 Å². The van der Waals surface area contributed by atoms with Crippen LogP contribution >= 0.6 is 0 Å². The normalized spacial score (nSPS) is 12.7. The van der Waals surface area contributed by atoms with Crippen LogP contribution in [0, 0.1) is 0 Å². The summed E-state index contributed by atoms with van der Waals surface area (Å²) in [7, 11) is 0. The van der Waals surface area contributed by atoms with Crippen LogP contribution < -0.4 is 5.32 Å². The standard InChI is InChI=1S/C66H127NO5/c1-3-5-7-9-11-13-15-40-44-48-52-56-60-66(71)72-61-57-53-49-45-41-38-36-34-32-30-28-26-24-22-20-18-16-17-19-21-23-25-27-29-31-33-35-37-39-43-47-51-55-59-65(70)67-63(62-68)64(69)58-54-50-46-42-14-12-10-8-6-4-2/h20,22,26,28,63-64,68-69H,3-19,21,23-25,27,29-62H2,1-2H3,(H,67,70)/b22-20-,28-26-.